The van der Waals surface area contributed by atoms with E-state index in [0.717, 1.165) is 18.4 Å². The number of aryl methyl sites for hydroxylation is 1. The second kappa shape index (κ2) is 4.10. The molecule has 3 nitrogen and oxygen atoms in total. The van der Waals surface area contributed by atoms with Crippen molar-refractivity contribution in [2.75, 3.05) is 0 Å². The molecular formula is C13H18O3S. The van der Waals surface area contributed by atoms with Gasteiger partial charge in [-0.3, -0.25) is 4.18 Å². The highest BCUT2D eigenvalue weighted by molar-refractivity contribution is 7.86. The number of hydrogen-bond acceptors (Lipinski definition) is 3. The van der Waals surface area contributed by atoms with Gasteiger partial charge in [0.1, 0.15) is 0 Å². The summed E-state index contributed by atoms with van der Waals surface area (Å²) in [5.41, 5.74) is 1.01. The molecule has 0 spiro atoms. The van der Waals surface area contributed by atoms with Crippen LogP contribution in [0.5, 0.6) is 0 Å². The zero-order chi connectivity index (χ0) is 12.7. The summed E-state index contributed by atoms with van der Waals surface area (Å²) in [6.45, 7) is 5.99. The van der Waals surface area contributed by atoms with Crippen LogP contribution in [0.1, 0.15) is 32.3 Å². The van der Waals surface area contributed by atoms with Gasteiger partial charge in [-0.25, -0.2) is 0 Å². The average molecular weight is 254 g/mol. The lowest BCUT2D eigenvalue weighted by Crippen LogP contribution is -2.43. The maximum absolute atomic E-state index is 12.0. The summed E-state index contributed by atoms with van der Waals surface area (Å²) >= 11 is 0. The Morgan fingerprint density at radius 3 is 2.24 bits per heavy atom. The van der Waals surface area contributed by atoms with Crippen molar-refractivity contribution in [2.24, 2.45) is 5.41 Å². The third-order valence-corrected chi connectivity index (χ3v) is 4.81. The van der Waals surface area contributed by atoms with Gasteiger partial charge >= 0.3 is 0 Å². The van der Waals surface area contributed by atoms with E-state index < -0.39 is 10.1 Å². The zero-order valence-electron chi connectivity index (χ0n) is 10.4. The molecule has 0 N–H and O–H groups in total. The topological polar surface area (TPSA) is 43.4 Å². The van der Waals surface area contributed by atoms with Gasteiger partial charge in [0.15, 0.2) is 0 Å². The van der Waals surface area contributed by atoms with E-state index in [0.29, 0.717) is 0 Å². The fourth-order valence-electron chi connectivity index (χ4n) is 1.93. The first-order valence-corrected chi connectivity index (χ1v) is 7.22. The van der Waals surface area contributed by atoms with Crippen LogP contribution < -0.4 is 0 Å². The summed E-state index contributed by atoms with van der Waals surface area (Å²) in [7, 11) is -3.61. The van der Waals surface area contributed by atoms with E-state index >= 15 is 0 Å². The van der Waals surface area contributed by atoms with Crippen LogP contribution in [0.15, 0.2) is 29.2 Å². The third kappa shape index (κ3) is 2.53. The summed E-state index contributed by atoms with van der Waals surface area (Å²) in [5, 5.41) is 0. The summed E-state index contributed by atoms with van der Waals surface area (Å²) in [4.78, 5) is 0.241. The SMILES string of the molecule is Cc1ccc(S(=O)(=O)OC2CCC2(C)C)cc1. The summed E-state index contributed by atoms with van der Waals surface area (Å²) < 4.78 is 29.3. The van der Waals surface area contributed by atoms with Crippen LogP contribution in [0.3, 0.4) is 0 Å². The predicted molar refractivity (Wildman–Crippen MR) is 66.3 cm³/mol. The molecule has 1 fully saturated rings. The fourth-order valence-corrected chi connectivity index (χ4v) is 3.17. The fraction of sp³-hybridized carbons (Fsp3) is 0.538. The Labute approximate surface area is 103 Å². The van der Waals surface area contributed by atoms with Gasteiger partial charge in [-0.05, 0) is 37.3 Å². The highest BCUT2D eigenvalue weighted by atomic mass is 32.2. The molecule has 94 valence electrons. The van der Waals surface area contributed by atoms with Gasteiger partial charge in [-0.15, -0.1) is 0 Å². The molecule has 0 saturated heterocycles. The minimum atomic E-state index is -3.61. The molecule has 4 heteroatoms. The smallest absolute Gasteiger partial charge is 0.262 e. The highest BCUT2D eigenvalue weighted by Crippen LogP contribution is 2.43. The Balaban J connectivity index is 2.17. The van der Waals surface area contributed by atoms with E-state index in [1.54, 1.807) is 24.3 Å². The molecule has 0 aliphatic heterocycles. The lowest BCUT2D eigenvalue weighted by Gasteiger charge is -2.43. The first-order valence-electron chi connectivity index (χ1n) is 5.81. The van der Waals surface area contributed by atoms with E-state index in [9.17, 15) is 8.42 Å². The van der Waals surface area contributed by atoms with Gasteiger partial charge < -0.3 is 0 Å². The molecule has 1 aromatic carbocycles. The standard InChI is InChI=1S/C13H18O3S/c1-10-4-6-11(7-5-10)17(14,15)16-12-8-9-13(12,2)3/h4-7,12H,8-9H2,1-3H3. The Bertz CT molecular complexity index is 500. The summed E-state index contributed by atoms with van der Waals surface area (Å²) in [6, 6.07) is 6.75. The molecular weight excluding hydrogens is 236 g/mol. The molecule has 0 aromatic heterocycles. The summed E-state index contributed by atoms with van der Waals surface area (Å²) in [5.74, 6) is 0. The number of hydrogen-bond donors (Lipinski definition) is 0. The maximum Gasteiger partial charge on any atom is 0.297 e. The molecule has 1 aromatic rings. The van der Waals surface area contributed by atoms with E-state index in [2.05, 4.69) is 0 Å². The molecule has 1 saturated carbocycles. The van der Waals surface area contributed by atoms with Gasteiger partial charge in [0.25, 0.3) is 10.1 Å². The van der Waals surface area contributed by atoms with Crippen molar-refractivity contribution in [3.05, 3.63) is 29.8 Å². The van der Waals surface area contributed by atoms with Crippen LogP contribution in [0, 0.1) is 12.3 Å². The molecule has 0 radical (unpaired) electrons. The molecule has 1 unspecified atom stereocenters. The second-order valence-electron chi connectivity index (χ2n) is 5.38. The molecule has 1 aliphatic rings. The van der Waals surface area contributed by atoms with Crippen molar-refractivity contribution >= 4 is 10.1 Å². The Morgan fingerprint density at radius 2 is 1.82 bits per heavy atom. The predicted octanol–water partition coefficient (Wildman–Crippen LogP) is 2.89. The maximum atomic E-state index is 12.0. The van der Waals surface area contributed by atoms with E-state index in [4.69, 9.17) is 4.18 Å². The van der Waals surface area contributed by atoms with Crippen LogP contribution in [0.4, 0.5) is 0 Å². The van der Waals surface area contributed by atoms with E-state index in [1.807, 2.05) is 20.8 Å². The van der Waals surface area contributed by atoms with Gasteiger partial charge in [0, 0.05) is 0 Å². The van der Waals surface area contributed by atoms with E-state index in [-0.39, 0.29) is 16.4 Å². The van der Waals surface area contributed by atoms with Crippen molar-refractivity contribution < 1.29 is 12.6 Å². The van der Waals surface area contributed by atoms with Crippen molar-refractivity contribution in [2.45, 2.75) is 44.6 Å². The van der Waals surface area contributed by atoms with Crippen molar-refractivity contribution in [1.82, 2.24) is 0 Å². The minimum absolute atomic E-state index is 0.0300. The molecule has 1 atom stereocenters. The van der Waals surface area contributed by atoms with Crippen LogP contribution in [-0.4, -0.2) is 14.5 Å². The van der Waals surface area contributed by atoms with Crippen LogP contribution >= 0.6 is 0 Å². The van der Waals surface area contributed by atoms with Gasteiger partial charge in [0.05, 0.1) is 11.0 Å². The number of rotatable bonds is 3. The molecule has 1 aliphatic carbocycles. The average Bonchev–Trinajstić information content (AvgIpc) is 2.25. The summed E-state index contributed by atoms with van der Waals surface area (Å²) in [6.07, 6.45) is 1.65. The first-order chi connectivity index (χ1) is 7.81. The van der Waals surface area contributed by atoms with Crippen LogP contribution in [0.2, 0.25) is 0 Å². The quantitative estimate of drug-likeness (QED) is 0.779. The van der Waals surface area contributed by atoms with Gasteiger partial charge in [-0.1, -0.05) is 31.5 Å². The molecule has 0 amide bonds. The molecule has 2 rings (SSSR count). The van der Waals surface area contributed by atoms with Crippen LogP contribution in [-0.2, 0) is 14.3 Å². The van der Waals surface area contributed by atoms with Crippen molar-refractivity contribution in [1.29, 1.82) is 0 Å². The lowest BCUT2D eigenvalue weighted by molar-refractivity contribution is -0.0138. The highest BCUT2D eigenvalue weighted by Gasteiger charge is 2.42. The zero-order valence-corrected chi connectivity index (χ0v) is 11.3. The normalized spacial score (nSPS) is 23.1. The minimum Gasteiger partial charge on any atom is -0.262 e. The Kier molecular flexibility index (Phi) is 3.04. The van der Waals surface area contributed by atoms with Crippen molar-refractivity contribution in [3.8, 4) is 0 Å². The lowest BCUT2D eigenvalue weighted by atomic mass is 9.69. The van der Waals surface area contributed by atoms with Crippen LogP contribution in [0.25, 0.3) is 0 Å². The first kappa shape index (κ1) is 12.6. The largest absolute Gasteiger partial charge is 0.297 e. The van der Waals surface area contributed by atoms with Crippen molar-refractivity contribution in [3.63, 3.8) is 0 Å². The molecule has 0 heterocycles. The second-order valence-corrected chi connectivity index (χ2v) is 6.95. The molecule has 0 bridgehead atoms. The Hall–Kier alpha value is -0.870. The molecule has 17 heavy (non-hydrogen) atoms. The monoisotopic (exact) mass is 254 g/mol. The van der Waals surface area contributed by atoms with Gasteiger partial charge in [-0.2, -0.15) is 8.42 Å². The van der Waals surface area contributed by atoms with Gasteiger partial charge in [0.2, 0.25) is 0 Å². The van der Waals surface area contributed by atoms with E-state index in [1.165, 1.54) is 0 Å². The Morgan fingerprint density at radius 1 is 1.24 bits per heavy atom. The number of benzene rings is 1. The third-order valence-electron chi connectivity index (χ3n) is 3.47.